The van der Waals surface area contributed by atoms with E-state index in [0.717, 1.165) is 0 Å². The van der Waals surface area contributed by atoms with Gasteiger partial charge in [0.25, 0.3) is 0 Å². The standard InChI is InChI=1S/C9H14N4OS/c1-3-4-5-14-8-6-7(13-10)11-9(12-8)15-2/h3-4,6H,5,10H2,1-2H3,(H,11,12,13)/b4-3+. The van der Waals surface area contributed by atoms with Crippen LogP contribution >= 0.6 is 11.8 Å². The number of nitrogen functional groups attached to an aromatic ring is 1. The third-order valence-electron chi connectivity index (χ3n) is 1.58. The van der Waals surface area contributed by atoms with Gasteiger partial charge < -0.3 is 10.2 Å². The predicted octanol–water partition coefficient (Wildman–Crippen LogP) is 1.44. The van der Waals surface area contributed by atoms with Crippen LogP contribution in [0.25, 0.3) is 0 Å². The first-order chi connectivity index (χ1) is 7.30. The van der Waals surface area contributed by atoms with E-state index in [1.165, 1.54) is 11.8 Å². The van der Waals surface area contributed by atoms with Gasteiger partial charge >= 0.3 is 0 Å². The Labute approximate surface area is 93.1 Å². The molecular formula is C9H14N4OS. The Kier molecular flexibility index (Phi) is 4.92. The second-order valence-electron chi connectivity index (χ2n) is 2.60. The van der Waals surface area contributed by atoms with E-state index in [1.54, 1.807) is 6.07 Å². The molecule has 3 N–H and O–H groups in total. The summed E-state index contributed by atoms with van der Waals surface area (Å²) in [4.78, 5) is 8.29. The number of anilines is 1. The molecule has 0 aromatic carbocycles. The van der Waals surface area contributed by atoms with Gasteiger partial charge in [0, 0.05) is 6.07 Å². The Morgan fingerprint density at radius 1 is 1.60 bits per heavy atom. The Balaban J connectivity index is 2.77. The SMILES string of the molecule is C/C=C/COc1cc(NN)nc(SC)n1. The Morgan fingerprint density at radius 2 is 2.40 bits per heavy atom. The van der Waals surface area contributed by atoms with Gasteiger partial charge in [0.2, 0.25) is 5.88 Å². The molecule has 0 unspecified atom stereocenters. The minimum Gasteiger partial charge on any atom is -0.473 e. The molecule has 0 fully saturated rings. The molecule has 0 radical (unpaired) electrons. The van der Waals surface area contributed by atoms with Gasteiger partial charge in [-0.1, -0.05) is 23.9 Å². The van der Waals surface area contributed by atoms with Crippen molar-refractivity contribution in [2.45, 2.75) is 12.1 Å². The van der Waals surface area contributed by atoms with Gasteiger partial charge in [-0.3, -0.25) is 0 Å². The first-order valence-electron chi connectivity index (χ1n) is 4.43. The van der Waals surface area contributed by atoms with Crippen molar-refractivity contribution in [3.8, 4) is 5.88 Å². The largest absolute Gasteiger partial charge is 0.473 e. The molecule has 6 heteroatoms. The smallest absolute Gasteiger partial charge is 0.219 e. The number of thioether (sulfide) groups is 1. The topological polar surface area (TPSA) is 73.1 Å². The number of aromatic nitrogens is 2. The van der Waals surface area contributed by atoms with Crippen molar-refractivity contribution in [2.75, 3.05) is 18.3 Å². The predicted molar refractivity (Wildman–Crippen MR) is 61.9 cm³/mol. The molecule has 15 heavy (non-hydrogen) atoms. The van der Waals surface area contributed by atoms with Crippen LogP contribution in [0.15, 0.2) is 23.4 Å². The highest BCUT2D eigenvalue weighted by molar-refractivity contribution is 7.98. The van der Waals surface area contributed by atoms with Gasteiger partial charge in [0.05, 0.1) is 0 Å². The minimum atomic E-state index is 0.491. The number of nitrogens with two attached hydrogens (primary N) is 1. The van der Waals surface area contributed by atoms with Crippen LogP contribution in [0.4, 0.5) is 5.82 Å². The van der Waals surface area contributed by atoms with E-state index in [2.05, 4.69) is 15.4 Å². The van der Waals surface area contributed by atoms with E-state index in [9.17, 15) is 0 Å². The summed E-state index contributed by atoms with van der Waals surface area (Å²) in [5.74, 6) is 6.34. The molecule has 0 aliphatic carbocycles. The molecule has 0 atom stereocenters. The highest BCUT2D eigenvalue weighted by atomic mass is 32.2. The summed E-state index contributed by atoms with van der Waals surface area (Å²) in [5.41, 5.74) is 2.47. The van der Waals surface area contributed by atoms with Crippen molar-refractivity contribution >= 4 is 17.6 Å². The summed E-state index contributed by atoms with van der Waals surface area (Å²) < 4.78 is 5.38. The number of allylic oxidation sites excluding steroid dienone is 1. The molecular weight excluding hydrogens is 212 g/mol. The van der Waals surface area contributed by atoms with Crippen LogP contribution in [-0.4, -0.2) is 22.8 Å². The summed E-state index contributed by atoms with van der Waals surface area (Å²) >= 11 is 1.44. The maximum atomic E-state index is 5.38. The summed E-state index contributed by atoms with van der Waals surface area (Å²) in [6, 6.07) is 1.66. The van der Waals surface area contributed by atoms with E-state index in [-0.39, 0.29) is 0 Å². The van der Waals surface area contributed by atoms with Crippen molar-refractivity contribution in [1.29, 1.82) is 0 Å². The minimum absolute atomic E-state index is 0.491. The Morgan fingerprint density at radius 3 is 3.00 bits per heavy atom. The zero-order valence-corrected chi connectivity index (χ0v) is 9.54. The van der Waals surface area contributed by atoms with Crippen LogP contribution in [-0.2, 0) is 0 Å². The number of hydrazine groups is 1. The van der Waals surface area contributed by atoms with E-state index in [4.69, 9.17) is 10.6 Å². The number of nitrogens with one attached hydrogen (secondary N) is 1. The normalized spacial score (nSPS) is 10.6. The van der Waals surface area contributed by atoms with Crippen LogP contribution < -0.4 is 16.0 Å². The van der Waals surface area contributed by atoms with Gasteiger partial charge in [0.15, 0.2) is 5.16 Å². The lowest BCUT2D eigenvalue weighted by molar-refractivity contribution is 0.344. The van der Waals surface area contributed by atoms with Gasteiger partial charge in [-0.25, -0.2) is 10.8 Å². The maximum Gasteiger partial charge on any atom is 0.219 e. The molecule has 82 valence electrons. The molecule has 1 aromatic heterocycles. The zero-order valence-electron chi connectivity index (χ0n) is 8.73. The van der Waals surface area contributed by atoms with E-state index in [1.807, 2.05) is 25.3 Å². The van der Waals surface area contributed by atoms with Crippen molar-refractivity contribution in [2.24, 2.45) is 5.84 Å². The lowest BCUT2D eigenvalue weighted by atomic mass is 10.5. The number of ether oxygens (including phenoxy) is 1. The highest BCUT2D eigenvalue weighted by Gasteiger charge is 2.03. The van der Waals surface area contributed by atoms with E-state index >= 15 is 0 Å². The Hall–Kier alpha value is -1.27. The van der Waals surface area contributed by atoms with Gasteiger partial charge in [0.1, 0.15) is 12.4 Å². The molecule has 0 saturated carbocycles. The first kappa shape index (κ1) is 11.8. The lowest BCUT2D eigenvalue weighted by Gasteiger charge is -2.06. The van der Waals surface area contributed by atoms with E-state index in [0.29, 0.717) is 23.5 Å². The van der Waals surface area contributed by atoms with Crippen LogP contribution in [0.2, 0.25) is 0 Å². The fraction of sp³-hybridized carbons (Fsp3) is 0.333. The molecule has 0 spiro atoms. The van der Waals surface area contributed by atoms with Crippen LogP contribution in [0, 0.1) is 0 Å². The van der Waals surface area contributed by atoms with Crippen LogP contribution in [0.3, 0.4) is 0 Å². The van der Waals surface area contributed by atoms with Crippen molar-refractivity contribution in [3.05, 3.63) is 18.2 Å². The molecule has 0 amide bonds. The monoisotopic (exact) mass is 226 g/mol. The third-order valence-corrected chi connectivity index (χ3v) is 2.12. The van der Waals surface area contributed by atoms with Crippen molar-refractivity contribution in [1.82, 2.24) is 9.97 Å². The molecule has 0 aliphatic heterocycles. The number of nitrogens with zero attached hydrogens (tertiary/aromatic N) is 2. The van der Waals surface area contributed by atoms with Crippen molar-refractivity contribution in [3.63, 3.8) is 0 Å². The average molecular weight is 226 g/mol. The summed E-state index contributed by atoms with van der Waals surface area (Å²) in [6.07, 6.45) is 5.71. The molecule has 0 aliphatic rings. The molecule has 1 aromatic rings. The third kappa shape index (κ3) is 3.77. The molecule has 1 rings (SSSR count). The number of hydrogen-bond donors (Lipinski definition) is 2. The van der Waals surface area contributed by atoms with Crippen LogP contribution in [0.5, 0.6) is 5.88 Å². The highest BCUT2D eigenvalue weighted by Crippen LogP contribution is 2.17. The first-order valence-corrected chi connectivity index (χ1v) is 5.66. The zero-order chi connectivity index (χ0) is 11.1. The average Bonchev–Trinajstić information content (AvgIpc) is 2.29. The number of hydrogen-bond acceptors (Lipinski definition) is 6. The molecule has 1 heterocycles. The van der Waals surface area contributed by atoms with E-state index < -0.39 is 0 Å². The second-order valence-corrected chi connectivity index (χ2v) is 3.38. The number of rotatable bonds is 5. The summed E-state index contributed by atoms with van der Waals surface area (Å²) in [6.45, 7) is 2.43. The lowest BCUT2D eigenvalue weighted by Crippen LogP contribution is -2.10. The summed E-state index contributed by atoms with van der Waals surface area (Å²) in [5, 5.41) is 0.626. The Bertz CT molecular complexity index is 321. The molecule has 5 nitrogen and oxygen atoms in total. The van der Waals surface area contributed by atoms with Gasteiger partial charge in [-0.15, -0.1) is 0 Å². The fourth-order valence-electron chi connectivity index (χ4n) is 0.873. The quantitative estimate of drug-likeness (QED) is 0.260. The van der Waals surface area contributed by atoms with Crippen LogP contribution in [0.1, 0.15) is 6.92 Å². The van der Waals surface area contributed by atoms with Crippen molar-refractivity contribution < 1.29 is 4.74 Å². The van der Waals surface area contributed by atoms with Gasteiger partial charge in [-0.05, 0) is 13.2 Å². The molecule has 0 bridgehead atoms. The van der Waals surface area contributed by atoms with Gasteiger partial charge in [-0.2, -0.15) is 4.98 Å². The fourth-order valence-corrected chi connectivity index (χ4v) is 1.24. The second kappa shape index (κ2) is 6.26. The summed E-state index contributed by atoms with van der Waals surface area (Å²) in [7, 11) is 0. The maximum absolute atomic E-state index is 5.38. The molecule has 0 saturated heterocycles.